The second-order valence-corrected chi connectivity index (χ2v) is 5.80. The van der Waals surface area contributed by atoms with Crippen molar-refractivity contribution in [1.29, 1.82) is 0 Å². The van der Waals surface area contributed by atoms with Crippen LogP contribution in [0.3, 0.4) is 0 Å². The molecule has 1 unspecified atom stereocenters. The Kier molecular flexibility index (Phi) is 7.80. The van der Waals surface area contributed by atoms with Crippen molar-refractivity contribution in [2.24, 2.45) is 0 Å². The van der Waals surface area contributed by atoms with Crippen LogP contribution in [-0.2, 0) is 4.74 Å². The summed E-state index contributed by atoms with van der Waals surface area (Å²) < 4.78 is 46.9. The summed E-state index contributed by atoms with van der Waals surface area (Å²) in [4.78, 5) is 0. The molecule has 0 saturated heterocycles. The van der Waals surface area contributed by atoms with Gasteiger partial charge in [-0.2, -0.15) is 13.2 Å². The van der Waals surface area contributed by atoms with E-state index in [2.05, 4.69) is 0 Å². The highest BCUT2D eigenvalue weighted by Gasteiger charge is 2.31. The predicted molar refractivity (Wildman–Crippen MR) is 83.6 cm³/mol. The fraction of sp³-hybridized carbons (Fsp3) is 0.429. The van der Waals surface area contributed by atoms with Crippen LogP contribution in [0.2, 0.25) is 10.0 Å². The lowest BCUT2D eigenvalue weighted by atomic mass is 10.3. The normalized spacial score (nSPS) is 14.0. The van der Waals surface area contributed by atoms with Crippen LogP contribution in [0.4, 0.5) is 13.2 Å². The summed E-state index contributed by atoms with van der Waals surface area (Å²) in [6.45, 7) is 1.63. The van der Waals surface area contributed by atoms with Crippen molar-refractivity contribution >= 4 is 34.8 Å². The van der Waals surface area contributed by atoms with Gasteiger partial charge in [0.05, 0.1) is 29.4 Å². The van der Waals surface area contributed by atoms with Crippen LogP contribution in [0.1, 0.15) is 13.3 Å². The van der Waals surface area contributed by atoms with Gasteiger partial charge in [-0.15, -0.1) is 0 Å². The number of rotatable bonds is 7. The van der Waals surface area contributed by atoms with Crippen LogP contribution in [0.25, 0.3) is 0 Å². The maximum atomic E-state index is 12.1. The second-order valence-electron chi connectivity index (χ2n) is 4.58. The van der Waals surface area contributed by atoms with Gasteiger partial charge < -0.3 is 14.6 Å². The summed E-state index contributed by atoms with van der Waals surface area (Å²) in [6.07, 6.45) is -3.77. The lowest BCUT2D eigenvalue weighted by Crippen LogP contribution is -2.15. The van der Waals surface area contributed by atoms with Gasteiger partial charge in [0.1, 0.15) is 10.8 Å². The van der Waals surface area contributed by atoms with Gasteiger partial charge in [0.2, 0.25) is 0 Å². The topological polar surface area (TPSA) is 38.7 Å². The fourth-order valence-corrected chi connectivity index (χ4v) is 2.13. The van der Waals surface area contributed by atoms with Crippen molar-refractivity contribution in [3.8, 4) is 11.5 Å². The average Bonchev–Trinajstić information content (AvgIpc) is 2.41. The van der Waals surface area contributed by atoms with Gasteiger partial charge in [0, 0.05) is 18.6 Å². The fourth-order valence-electron chi connectivity index (χ4n) is 1.50. The van der Waals surface area contributed by atoms with Crippen molar-refractivity contribution in [3.05, 3.63) is 33.3 Å². The number of phenolic OH excluding ortho intramolecular Hbond substituents is 1. The van der Waals surface area contributed by atoms with Gasteiger partial charge in [0.15, 0.2) is 5.75 Å². The van der Waals surface area contributed by atoms with Gasteiger partial charge in [0.25, 0.3) is 0 Å². The van der Waals surface area contributed by atoms with Crippen molar-refractivity contribution in [2.75, 3.05) is 13.2 Å². The minimum atomic E-state index is -4.56. The van der Waals surface area contributed by atoms with E-state index in [0.717, 1.165) is 6.08 Å². The number of ether oxygens (including phenoxy) is 2. The maximum Gasteiger partial charge on any atom is 0.426 e. The standard InChI is InChI=1S/C14H14Cl3F3O3/c1-8(2-4-22-5-3-12(17)14(18,19)20)23-13-10(15)6-9(21)7-11(13)16/h3,6-8,21H,2,4-5H2,1H3. The Bertz CT molecular complexity index is 539. The molecule has 130 valence electrons. The molecule has 0 fully saturated rings. The SMILES string of the molecule is CC(CCOCC=C(Cl)C(F)(F)F)Oc1c(Cl)cc(O)cc1Cl. The molecular weight excluding hydrogens is 380 g/mol. The first-order chi connectivity index (χ1) is 10.6. The van der Waals surface area contributed by atoms with Crippen molar-refractivity contribution < 1.29 is 27.8 Å². The molecule has 1 N–H and O–H groups in total. The molecule has 0 aromatic heterocycles. The van der Waals surface area contributed by atoms with Crippen LogP contribution in [-0.4, -0.2) is 30.6 Å². The number of benzene rings is 1. The van der Waals surface area contributed by atoms with Crippen molar-refractivity contribution in [3.63, 3.8) is 0 Å². The Morgan fingerprint density at radius 3 is 2.39 bits per heavy atom. The van der Waals surface area contributed by atoms with E-state index in [1.165, 1.54) is 12.1 Å². The quantitative estimate of drug-likeness (QED) is 0.617. The van der Waals surface area contributed by atoms with Gasteiger partial charge in [-0.25, -0.2) is 0 Å². The number of allylic oxidation sites excluding steroid dienone is 1. The lowest BCUT2D eigenvalue weighted by Gasteiger charge is -2.17. The molecule has 0 aliphatic rings. The second kappa shape index (κ2) is 8.87. The van der Waals surface area contributed by atoms with Crippen LogP contribution in [0.15, 0.2) is 23.2 Å². The van der Waals surface area contributed by atoms with E-state index in [1.54, 1.807) is 6.92 Å². The summed E-state index contributed by atoms with van der Waals surface area (Å²) in [7, 11) is 0. The largest absolute Gasteiger partial charge is 0.508 e. The molecule has 1 aromatic rings. The van der Waals surface area contributed by atoms with Crippen LogP contribution in [0, 0.1) is 0 Å². The molecule has 1 rings (SSSR count). The molecule has 0 bridgehead atoms. The van der Waals surface area contributed by atoms with E-state index in [4.69, 9.17) is 44.3 Å². The van der Waals surface area contributed by atoms with Crippen LogP contribution in [0.5, 0.6) is 11.5 Å². The molecule has 0 heterocycles. The number of phenols is 1. The summed E-state index contributed by atoms with van der Waals surface area (Å²) in [5.41, 5.74) is 0. The van der Waals surface area contributed by atoms with Crippen molar-refractivity contribution in [2.45, 2.75) is 25.6 Å². The van der Waals surface area contributed by atoms with E-state index in [1.807, 2.05) is 0 Å². The Labute approximate surface area is 146 Å². The van der Waals surface area contributed by atoms with E-state index in [9.17, 15) is 18.3 Å². The number of hydrogen-bond donors (Lipinski definition) is 1. The maximum absolute atomic E-state index is 12.1. The molecule has 9 heteroatoms. The van der Waals surface area contributed by atoms with Crippen molar-refractivity contribution in [1.82, 2.24) is 0 Å². The third-order valence-electron chi connectivity index (χ3n) is 2.62. The zero-order chi connectivity index (χ0) is 17.6. The summed E-state index contributed by atoms with van der Waals surface area (Å²) in [5, 5.41) is 8.41. The van der Waals surface area contributed by atoms with Crippen LogP contribution < -0.4 is 4.74 Å². The third kappa shape index (κ3) is 7.08. The molecule has 0 saturated carbocycles. The van der Waals surface area contributed by atoms with Gasteiger partial charge in [-0.3, -0.25) is 0 Å². The molecular formula is C14H14Cl3F3O3. The molecule has 0 radical (unpaired) electrons. The van der Waals surface area contributed by atoms with Gasteiger partial charge in [-0.1, -0.05) is 34.8 Å². The molecule has 0 aliphatic heterocycles. The minimum Gasteiger partial charge on any atom is -0.508 e. The third-order valence-corrected chi connectivity index (χ3v) is 3.55. The summed E-state index contributed by atoms with van der Waals surface area (Å²) >= 11 is 16.9. The highest BCUT2D eigenvalue weighted by atomic mass is 35.5. The van der Waals surface area contributed by atoms with Crippen LogP contribution >= 0.6 is 34.8 Å². The molecule has 1 atom stereocenters. The first-order valence-corrected chi connectivity index (χ1v) is 7.60. The van der Waals surface area contributed by atoms with E-state index in [-0.39, 0.29) is 40.9 Å². The van der Waals surface area contributed by atoms with E-state index < -0.39 is 11.2 Å². The minimum absolute atomic E-state index is 0.0864. The molecule has 23 heavy (non-hydrogen) atoms. The Morgan fingerprint density at radius 2 is 1.87 bits per heavy atom. The first-order valence-electron chi connectivity index (χ1n) is 6.46. The Balaban J connectivity index is 2.40. The highest BCUT2D eigenvalue weighted by Crippen LogP contribution is 2.37. The van der Waals surface area contributed by atoms with E-state index in [0.29, 0.717) is 6.42 Å². The van der Waals surface area contributed by atoms with Gasteiger partial charge in [-0.05, 0) is 13.0 Å². The first kappa shape index (κ1) is 20.2. The Morgan fingerprint density at radius 1 is 1.30 bits per heavy atom. The monoisotopic (exact) mass is 392 g/mol. The summed E-state index contributed by atoms with van der Waals surface area (Å²) in [5.74, 6) is 0.135. The number of alkyl halides is 3. The highest BCUT2D eigenvalue weighted by molar-refractivity contribution is 6.37. The zero-order valence-corrected chi connectivity index (χ0v) is 14.2. The Hall–Kier alpha value is -0.820. The number of halogens is 6. The van der Waals surface area contributed by atoms with E-state index >= 15 is 0 Å². The number of aromatic hydroxyl groups is 1. The smallest absolute Gasteiger partial charge is 0.426 e. The zero-order valence-electron chi connectivity index (χ0n) is 12.0. The summed E-state index contributed by atoms with van der Waals surface area (Å²) in [6, 6.07) is 2.58. The molecule has 0 aliphatic carbocycles. The number of hydrogen-bond acceptors (Lipinski definition) is 3. The predicted octanol–water partition coefficient (Wildman–Crippen LogP) is 5.56. The van der Waals surface area contributed by atoms with Gasteiger partial charge >= 0.3 is 6.18 Å². The molecule has 0 amide bonds. The molecule has 3 nitrogen and oxygen atoms in total. The molecule has 0 spiro atoms. The lowest BCUT2D eigenvalue weighted by molar-refractivity contribution is -0.0851. The molecule has 1 aromatic carbocycles. The average molecular weight is 394 g/mol.